The molecule has 9 heteroatoms. The summed E-state index contributed by atoms with van der Waals surface area (Å²) in [5, 5.41) is 15.5. The summed E-state index contributed by atoms with van der Waals surface area (Å²) in [6, 6.07) is 13.4. The number of furan rings is 1. The first-order valence-corrected chi connectivity index (χ1v) is 12.3. The standard InChI is InChI=1S/C26H25N3O5S/c27-15-19-18-10-5-2-6-12-22(18)35-25(19)29-23(30)16-34-26(32)20(14-17-8-3-1-4-9-17)28-24(31)21-11-7-13-33-21/h1,3-4,7-9,11,13,20H,2,5-6,10,12,14,16H2,(H,28,31)(H,29,30)/t20-/m0/s1. The molecule has 0 spiro atoms. The minimum absolute atomic E-state index is 0.0649. The summed E-state index contributed by atoms with van der Waals surface area (Å²) in [6.07, 6.45) is 6.50. The lowest BCUT2D eigenvalue weighted by Crippen LogP contribution is -2.44. The van der Waals surface area contributed by atoms with Gasteiger partial charge in [0.1, 0.15) is 17.1 Å². The molecule has 0 saturated carbocycles. The van der Waals surface area contributed by atoms with Crippen LogP contribution in [0.2, 0.25) is 0 Å². The number of esters is 1. The molecular formula is C26H25N3O5S. The van der Waals surface area contributed by atoms with Crippen LogP contribution in [0.1, 0.15) is 51.4 Å². The fourth-order valence-corrected chi connectivity index (χ4v) is 5.29. The second-order valence-electron chi connectivity index (χ2n) is 8.23. The Morgan fingerprint density at radius 2 is 1.89 bits per heavy atom. The van der Waals surface area contributed by atoms with Crippen LogP contribution in [0.4, 0.5) is 5.00 Å². The van der Waals surface area contributed by atoms with E-state index in [0.29, 0.717) is 10.6 Å². The van der Waals surface area contributed by atoms with Gasteiger partial charge in [0.15, 0.2) is 12.4 Å². The molecule has 2 N–H and O–H groups in total. The fourth-order valence-electron chi connectivity index (χ4n) is 4.03. The lowest BCUT2D eigenvalue weighted by molar-refractivity contribution is -0.149. The highest BCUT2D eigenvalue weighted by atomic mass is 32.1. The summed E-state index contributed by atoms with van der Waals surface area (Å²) in [5.41, 5.74) is 2.34. The molecular weight excluding hydrogens is 466 g/mol. The topological polar surface area (TPSA) is 121 Å². The predicted molar refractivity (Wildman–Crippen MR) is 130 cm³/mol. The average molecular weight is 492 g/mol. The molecule has 0 radical (unpaired) electrons. The number of nitrogens with one attached hydrogen (secondary N) is 2. The number of hydrogen-bond acceptors (Lipinski definition) is 7. The van der Waals surface area contributed by atoms with Gasteiger partial charge in [0.25, 0.3) is 11.8 Å². The van der Waals surface area contributed by atoms with Crippen molar-refractivity contribution < 1.29 is 23.5 Å². The normalized spacial score (nSPS) is 13.6. The Hall–Kier alpha value is -3.90. The van der Waals surface area contributed by atoms with Crippen LogP contribution in [0, 0.1) is 11.3 Å². The van der Waals surface area contributed by atoms with Crippen molar-refractivity contribution in [2.45, 2.75) is 44.6 Å². The minimum Gasteiger partial charge on any atom is -0.459 e. The zero-order valence-electron chi connectivity index (χ0n) is 19.0. The summed E-state index contributed by atoms with van der Waals surface area (Å²) < 4.78 is 10.4. The van der Waals surface area contributed by atoms with E-state index in [2.05, 4.69) is 16.7 Å². The summed E-state index contributed by atoms with van der Waals surface area (Å²) in [5.74, 6) is -1.78. The lowest BCUT2D eigenvalue weighted by Gasteiger charge is -2.17. The molecule has 0 bridgehead atoms. The average Bonchev–Trinajstić information content (AvgIpc) is 3.45. The van der Waals surface area contributed by atoms with Crippen LogP contribution >= 0.6 is 11.3 Å². The monoisotopic (exact) mass is 491 g/mol. The van der Waals surface area contributed by atoms with Gasteiger partial charge in [-0.15, -0.1) is 11.3 Å². The van der Waals surface area contributed by atoms with Crippen LogP contribution in [-0.4, -0.2) is 30.4 Å². The summed E-state index contributed by atoms with van der Waals surface area (Å²) in [7, 11) is 0. The number of aryl methyl sites for hydroxylation is 1. The molecule has 2 aromatic heterocycles. The van der Waals surface area contributed by atoms with Crippen LogP contribution < -0.4 is 10.6 Å². The molecule has 2 amide bonds. The van der Waals surface area contributed by atoms with Crippen molar-refractivity contribution in [2.24, 2.45) is 0 Å². The lowest BCUT2D eigenvalue weighted by atomic mass is 10.1. The van der Waals surface area contributed by atoms with Gasteiger partial charge >= 0.3 is 5.97 Å². The summed E-state index contributed by atoms with van der Waals surface area (Å²) >= 11 is 1.42. The molecule has 0 unspecified atom stereocenters. The van der Waals surface area contributed by atoms with Crippen molar-refractivity contribution in [3.63, 3.8) is 0 Å². The molecule has 0 aliphatic heterocycles. The van der Waals surface area contributed by atoms with Crippen LogP contribution in [0.15, 0.2) is 53.1 Å². The third kappa shape index (κ3) is 6.16. The largest absolute Gasteiger partial charge is 0.459 e. The molecule has 4 rings (SSSR count). The number of benzene rings is 1. The van der Waals surface area contributed by atoms with Gasteiger partial charge in [0.2, 0.25) is 0 Å². The molecule has 35 heavy (non-hydrogen) atoms. The highest BCUT2D eigenvalue weighted by Crippen LogP contribution is 2.36. The van der Waals surface area contributed by atoms with E-state index in [0.717, 1.165) is 48.1 Å². The first kappa shape index (κ1) is 24.2. The zero-order valence-corrected chi connectivity index (χ0v) is 19.9. The number of nitriles is 1. The molecule has 1 aromatic carbocycles. The summed E-state index contributed by atoms with van der Waals surface area (Å²) in [6.45, 7) is -0.534. The quantitative estimate of drug-likeness (QED) is 0.363. The number of hydrogen-bond donors (Lipinski definition) is 2. The first-order valence-electron chi connectivity index (χ1n) is 11.4. The maximum absolute atomic E-state index is 12.8. The van der Waals surface area contributed by atoms with E-state index in [1.165, 1.54) is 23.7 Å². The minimum atomic E-state index is -1.02. The Morgan fingerprint density at radius 1 is 1.09 bits per heavy atom. The maximum Gasteiger partial charge on any atom is 0.329 e. The van der Waals surface area contributed by atoms with Gasteiger partial charge in [-0.2, -0.15) is 5.26 Å². The second kappa shape index (κ2) is 11.5. The van der Waals surface area contributed by atoms with E-state index in [4.69, 9.17) is 9.15 Å². The van der Waals surface area contributed by atoms with Gasteiger partial charge in [-0.05, 0) is 48.9 Å². The SMILES string of the molecule is N#Cc1c(NC(=O)COC(=O)[C@H](Cc2ccccc2)NC(=O)c2ccco2)sc2c1CCCCC2. The van der Waals surface area contributed by atoms with Gasteiger partial charge in [0.05, 0.1) is 11.8 Å². The number of anilines is 1. The van der Waals surface area contributed by atoms with Crippen molar-refractivity contribution in [1.82, 2.24) is 5.32 Å². The number of ether oxygens (including phenoxy) is 1. The van der Waals surface area contributed by atoms with Gasteiger partial charge in [-0.3, -0.25) is 9.59 Å². The Labute approximate surface area is 206 Å². The molecule has 0 fully saturated rings. The number of nitrogens with zero attached hydrogens (tertiary/aromatic N) is 1. The molecule has 180 valence electrons. The maximum atomic E-state index is 12.8. The van der Waals surface area contributed by atoms with Gasteiger partial charge in [-0.25, -0.2) is 4.79 Å². The molecule has 8 nitrogen and oxygen atoms in total. The molecule has 0 saturated heterocycles. The van der Waals surface area contributed by atoms with Crippen molar-refractivity contribution in [1.29, 1.82) is 5.26 Å². The zero-order chi connectivity index (χ0) is 24.6. The van der Waals surface area contributed by atoms with Crippen molar-refractivity contribution in [2.75, 3.05) is 11.9 Å². The highest BCUT2D eigenvalue weighted by Gasteiger charge is 2.26. The van der Waals surface area contributed by atoms with Crippen molar-refractivity contribution >= 4 is 34.1 Å². The van der Waals surface area contributed by atoms with Crippen LogP contribution in [0.3, 0.4) is 0 Å². The van der Waals surface area contributed by atoms with E-state index in [9.17, 15) is 19.6 Å². The molecule has 2 heterocycles. The van der Waals surface area contributed by atoms with Crippen LogP contribution in [0.5, 0.6) is 0 Å². The smallest absolute Gasteiger partial charge is 0.329 e. The van der Waals surface area contributed by atoms with E-state index >= 15 is 0 Å². The predicted octanol–water partition coefficient (Wildman–Crippen LogP) is 4.00. The van der Waals surface area contributed by atoms with E-state index in [-0.39, 0.29) is 12.2 Å². The number of fused-ring (bicyclic) bond motifs is 1. The van der Waals surface area contributed by atoms with Gasteiger partial charge in [0, 0.05) is 11.3 Å². The molecule has 1 aliphatic rings. The Bertz CT molecular complexity index is 1230. The number of carbonyl (C=O) groups excluding carboxylic acids is 3. The fraction of sp³-hybridized carbons (Fsp3) is 0.308. The van der Waals surface area contributed by atoms with Gasteiger partial charge in [-0.1, -0.05) is 36.8 Å². The van der Waals surface area contributed by atoms with E-state index < -0.39 is 30.4 Å². The summed E-state index contributed by atoms with van der Waals surface area (Å²) in [4.78, 5) is 39.0. The Balaban J connectivity index is 1.40. The molecule has 3 aromatic rings. The third-order valence-electron chi connectivity index (χ3n) is 5.75. The highest BCUT2D eigenvalue weighted by molar-refractivity contribution is 7.16. The van der Waals surface area contributed by atoms with E-state index in [1.807, 2.05) is 30.3 Å². The van der Waals surface area contributed by atoms with Crippen LogP contribution in [0.25, 0.3) is 0 Å². The second-order valence-corrected chi connectivity index (χ2v) is 9.33. The number of thiophene rings is 1. The molecule has 1 atom stereocenters. The Morgan fingerprint density at radius 3 is 2.63 bits per heavy atom. The molecule has 1 aliphatic carbocycles. The first-order chi connectivity index (χ1) is 17.0. The van der Waals surface area contributed by atoms with E-state index in [1.54, 1.807) is 6.07 Å². The van der Waals surface area contributed by atoms with Crippen molar-refractivity contribution in [3.8, 4) is 6.07 Å². The van der Waals surface area contributed by atoms with Crippen LogP contribution in [-0.2, 0) is 33.6 Å². The number of carbonyl (C=O) groups is 3. The van der Waals surface area contributed by atoms with Gasteiger partial charge < -0.3 is 19.8 Å². The Kier molecular flexibility index (Phi) is 7.95. The number of rotatable bonds is 8. The van der Waals surface area contributed by atoms with Crippen molar-refractivity contribution in [3.05, 3.63) is 76.1 Å². The number of amides is 2. The third-order valence-corrected chi connectivity index (χ3v) is 6.96.